The molecular weight excluding hydrogens is 352 g/mol. The molecule has 28 heavy (non-hydrogen) atoms. The average Bonchev–Trinajstić information content (AvgIpc) is 3.25. The lowest BCUT2D eigenvalue weighted by atomic mass is 10.0. The minimum atomic E-state index is -0.324. The fraction of sp³-hybridized carbons (Fsp3) is 0.286. The maximum absolute atomic E-state index is 6.69. The van der Waals surface area contributed by atoms with Gasteiger partial charge >= 0.3 is 0 Å². The maximum Gasteiger partial charge on any atom is 0.136 e. The summed E-state index contributed by atoms with van der Waals surface area (Å²) >= 11 is 0. The molecular formula is C21H26N6O. The van der Waals surface area contributed by atoms with Crippen LogP contribution in [0.3, 0.4) is 0 Å². The minimum absolute atomic E-state index is 0.267. The number of hydrogen-bond donors (Lipinski definition) is 3. The Balaban J connectivity index is 1.59. The van der Waals surface area contributed by atoms with E-state index in [1.807, 2.05) is 42.6 Å². The fourth-order valence-corrected chi connectivity index (χ4v) is 3.71. The molecule has 0 amide bonds. The van der Waals surface area contributed by atoms with Gasteiger partial charge < -0.3 is 20.4 Å². The van der Waals surface area contributed by atoms with Gasteiger partial charge in [-0.1, -0.05) is 30.3 Å². The third kappa shape index (κ3) is 3.60. The smallest absolute Gasteiger partial charge is 0.136 e. The predicted molar refractivity (Wildman–Crippen MR) is 110 cm³/mol. The summed E-state index contributed by atoms with van der Waals surface area (Å²) in [5, 5.41) is 0. The number of nitrogens with two attached hydrogens (primary N) is 2. The Hall–Kier alpha value is -2.87. The number of H-pyrrole nitrogens is 1. The lowest BCUT2D eigenvalue weighted by Crippen LogP contribution is -2.60. The molecule has 7 heteroatoms. The molecule has 0 saturated carbocycles. The van der Waals surface area contributed by atoms with E-state index in [9.17, 15) is 0 Å². The highest BCUT2D eigenvalue weighted by molar-refractivity contribution is 5.57. The Kier molecular flexibility index (Phi) is 5.29. The van der Waals surface area contributed by atoms with Crippen LogP contribution in [0.5, 0.6) is 5.75 Å². The molecule has 1 aliphatic rings. The second-order valence-electron chi connectivity index (χ2n) is 6.96. The molecule has 2 atom stereocenters. The number of nitrogens with one attached hydrogen (secondary N) is 1. The van der Waals surface area contributed by atoms with E-state index < -0.39 is 0 Å². The van der Waals surface area contributed by atoms with E-state index in [1.165, 1.54) is 0 Å². The maximum atomic E-state index is 6.69. The Morgan fingerprint density at radius 2 is 1.89 bits per heavy atom. The van der Waals surface area contributed by atoms with Gasteiger partial charge in [0.1, 0.15) is 12.0 Å². The molecule has 7 nitrogen and oxygen atoms in total. The summed E-state index contributed by atoms with van der Waals surface area (Å²) in [5.41, 5.74) is 17.7. The van der Waals surface area contributed by atoms with E-state index in [2.05, 4.69) is 31.9 Å². The number of fused-ring (bicyclic) bond motifs is 1. The van der Waals surface area contributed by atoms with Crippen LogP contribution in [0.15, 0.2) is 61.1 Å². The third-order valence-electron chi connectivity index (χ3n) is 5.28. The van der Waals surface area contributed by atoms with Crippen LogP contribution in [0.25, 0.3) is 0 Å². The molecule has 3 aromatic rings. The first kappa shape index (κ1) is 18.5. The molecule has 0 spiro atoms. The van der Waals surface area contributed by atoms with Crippen LogP contribution in [0.2, 0.25) is 0 Å². The van der Waals surface area contributed by atoms with Crippen LogP contribution in [0.4, 0.5) is 5.69 Å². The van der Waals surface area contributed by atoms with Crippen LogP contribution >= 0.6 is 0 Å². The van der Waals surface area contributed by atoms with Crippen molar-refractivity contribution >= 4 is 5.69 Å². The molecule has 0 radical (unpaired) electrons. The molecule has 5 N–H and O–H groups in total. The highest BCUT2D eigenvalue weighted by atomic mass is 16.5. The van der Waals surface area contributed by atoms with E-state index in [0.717, 1.165) is 41.2 Å². The summed E-state index contributed by atoms with van der Waals surface area (Å²) in [6.45, 7) is 1.42. The number of aromatic amines is 1. The first-order valence-electron chi connectivity index (χ1n) is 9.40. The molecule has 0 saturated heterocycles. The van der Waals surface area contributed by atoms with Gasteiger partial charge in [0.2, 0.25) is 0 Å². The largest absolute Gasteiger partial charge is 0.497 e. The quantitative estimate of drug-likeness (QED) is 0.608. The average molecular weight is 378 g/mol. The van der Waals surface area contributed by atoms with Gasteiger partial charge in [0, 0.05) is 42.7 Å². The van der Waals surface area contributed by atoms with Crippen molar-refractivity contribution in [2.75, 3.05) is 18.6 Å². The molecule has 1 aromatic heterocycles. The lowest BCUT2D eigenvalue weighted by molar-refractivity contribution is 0.113. The van der Waals surface area contributed by atoms with Crippen molar-refractivity contribution in [3.63, 3.8) is 0 Å². The SMILES string of the molecule is COc1ccc(CN2C(N)c3ccccc3N(CCc3cnc[nH]3)C2N)cc1. The summed E-state index contributed by atoms with van der Waals surface area (Å²) in [6, 6.07) is 16.2. The van der Waals surface area contributed by atoms with E-state index in [0.29, 0.717) is 6.54 Å². The van der Waals surface area contributed by atoms with Gasteiger partial charge in [-0.25, -0.2) is 9.88 Å². The van der Waals surface area contributed by atoms with Gasteiger partial charge in [0.25, 0.3) is 0 Å². The Morgan fingerprint density at radius 1 is 1.11 bits per heavy atom. The van der Waals surface area contributed by atoms with Crippen molar-refractivity contribution in [2.24, 2.45) is 11.5 Å². The standard InChI is InChI=1S/C21H26N6O/c1-28-17-8-6-15(7-9-17)13-27-20(22)18-4-2-3-5-19(18)26(21(27)23)11-10-16-12-24-14-25-16/h2-9,12,14,20-21H,10-11,13,22-23H2,1H3,(H,24,25). The van der Waals surface area contributed by atoms with Crippen molar-refractivity contribution in [3.05, 3.63) is 77.9 Å². The number of hydrogen-bond acceptors (Lipinski definition) is 6. The van der Waals surface area contributed by atoms with Gasteiger partial charge in [-0.15, -0.1) is 0 Å². The number of benzene rings is 2. The Bertz CT molecular complexity index is 896. The first-order valence-corrected chi connectivity index (χ1v) is 9.40. The van der Waals surface area contributed by atoms with Crippen molar-refractivity contribution in [1.82, 2.24) is 14.9 Å². The number of nitrogens with zero attached hydrogens (tertiary/aromatic N) is 3. The summed E-state index contributed by atoms with van der Waals surface area (Å²) in [7, 11) is 1.67. The molecule has 0 aliphatic carbocycles. The zero-order valence-electron chi connectivity index (χ0n) is 16.0. The molecule has 4 rings (SSSR count). The summed E-state index contributed by atoms with van der Waals surface area (Å²) < 4.78 is 5.25. The Labute approximate surface area is 164 Å². The van der Waals surface area contributed by atoms with Crippen molar-refractivity contribution < 1.29 is 4.74 Å². The molecule has 146 valence electrons. The molecule has 0 fully saturated rings. The lowest BCUT2D eigenvalue weighted by Gasteiger charge is -2.47. The summed E-state index contributed by atoms with van der Waals surface area (Å²) in [4.78, 5) is 11.6. The van der Waals surface area contributed by atoms with Crippen LogP contribution in [0, 0.1) is 0 Å². The predicted octanol–water partition coefficient (Wildman–Crippen LogP) is 2.18. The number of anilines is 1. The second-order valence-corrected chi connectivity index (χ2v) is 6.96. The molecule has 0 bridgehead atoms. The fourth-order valence-electron chi connectivity index (χ4n) is 3.71. The van der Waals surface area contributed by atoms with E-state index in [4.69, 9.17) is 16.2 Å². The number of methoxy groups -OCH3 is 1. The number of ether oxygens (including phenoxy) is 1. The van der Waals surface area contributed by atoms with Crippen LogP contribution in [-0.4, -0.2) is 34.8 Å². The first-order chi connectivity index (χ1) is 13.7. The van der Waals surface area contributed by atoms with Crippen molar-refractivity contribution in [1.29, 1.82) is 0 Å². The Morgan fingerprint density at radius 3 is 2.61 bits per heavy atom. The highest BCUT2D eigenvalue weighted by Crippen LogP contribution is 2.35. The topological polar surface area (TPSA) is 96.4 Å². The van der Waals surface area contributed by atoms with Gasteiger partial charge in [-0.05, 0) is 23.8 Å². The van der Waals surface area contributed by atoms with Crippen LogP contribution in [0.1, 0.15) is 23.0 Å². The number of para-hydroxylation sites is 1. The minimum Gasteiger partial charge on any atom is -0.497 e. The number of aromatic nitrogens is 2. The van der Waals surface area contributed by atoms with Crippen molar-refractivity contribution in [2.45, 2.75) is 25.4 Å². The van der Waals surface area contributed by atoms with Crippen LogP contribution in [-0.2, 0) is 13.0 Å². The molecule has 2 heterocycles. The summed E-state index contributed by atoms with van der Waals surface area (Å²) in [6.07, 6.45) is 3.79. The summed E-state index contributed by atoms with van der Waals surface area (Å²) in [5.74, 6) is 0.836. The van der Waals surface area contributed by atoms with E-state index >= 15 is 0 Å². The van der Waals surface area contributed by atoms with Crippen LogP contribution < -0.4 is 21.1 Å². The monoisotopic (exact) mass is 378 g/mol. The molecule has 2 aromatic carbocycles. The van der Waals surface area contributed by atoms with Gasteiger partial charge in [-0.3, -0.25) is 5.73 Å². The number of imidazole rings is 1. The van der Waals surface area contributed by atoms with Gasteiger partial charge in [0.15, 0.2) is 0 Å². The van der Waals surface area contributed by atoms with E-state index in [-0.39, 0.29) is 12.5 Å². The zero-order chi connectivity index (χ0) is 19.5. The normalized spacial score (nSPS) is 19.5. The molecule has 1 aliphatic heterocycles. The zero-order valence-corrected chi connectivity index (χ0v) is 16.0. The second kappa shape index (κ2) is 8.02. The van der Waals surface area contributed by atoms with E-state index in [1.54, 1.807) is 13.4 Å². The van der Waals surface area contributed by atoms with Gasteiger partial charge in [-0.2, -0.15) is 0 Å². The molecule has 2 unspecified atom stereocenters. The highest BCUT2D eigenvalue weighted by Gasteiger charge is 2.34. The van der Waals surface area contributed by atoms with Crippen molar-refractivity contribution in [3.8, 4) is 5.75 Å². The third-order valence-corrected chi connectivity index (χ3v) is 5.28. The van der Waals surface area contributed by atoms with Gasteiger partial charge in [0.05, 0.1) is 19.6 Å². The number of rotatable bonds is 6.